The average Bonchev–Trinajstić information content (AvgIpc) is 2.82. The summed E-state index contributed by atoms with van der Waals surface area (Å²) in [6, 6.07) is -0.684. The maximum absolute atomic E-state index is 12.4. The molecule has 7 heteroatoms. The van der Waals surface area contributed by atoms with E-state index in [1.807, 2.05) is 13.8 Å². The van der Waals surface area contributed by atoms with Crippen LogP contribution in [0.1, 0.15) is 58.8 Å². The molecule has 1 N–H and O–H groups in total. The van der Waals surface area contributed by atoms with Gasteiger partial charge in [-0.1, -0.05) is 25.5 Å². The second-order valence-corrected chi connectivity index (χ2v) is 6.57. The molecule has 0 unspecified atom stereocenters. The molecule has 0 aromatic heterocycles. The Kier molecular flexibility index (Phi) is 6.73. The fourth-order valence-electron chi connectivity index (χ4n) is 3.18. The summed E-state index contributed by atoms with van der Waals surface area (Å²) in [5, 5.41) is 2.77. The number of amides is 5. The van der Waals surface area contributed by atoms with Crippen LogP contribution in [0.4, 0.5) is 4.79 Å². The Balaban J connectivity index is 1.93. The number of nitrogens with one attached hydrogen (secondary N) is 1. The summed E-state index contributed by atoms with van der Waals surface area (Å²) in [6.45, 7) is 3.69. The molecule has 0 bridgehead atoms. The SMILES string of the molecule is CCC(CC)NC(=O)CN1C(=O)C(=O)N(CCC2=CCCCC2)C1=O. The standard InChI is InChI=1S/C18H27N3O4/c1-3-14(4-2)19-15(22)12-21-17(24)16(23)20(18(21)25)11-10-13-8-6-5-7-9-13/h8,14H,3-7,9-12H2,1-2H3,(H,19,22). The molecule has 0 spiro atoms. The van der Waals surface area contributed by atoms with Crippen molar-refractivity contribution in [3.8, 4) is 0 Å². The fraction of sp³-hybridized carbons (Fsp3) is 0.667. The van der Waals surface area contributed by atoms with Gasteiger partial charge in [-0.25, -0.2) is 9.69 Å². The number of hydrogen-bond donors (Lipinski definition) is 1. The molecule has 138 valence electrons. The van der Waals surface area contributed by atoms with Gasteiger partial charge in [-0.05, 0) is 44.9 Å². The molecule has 2 rings (SSSR count). The number of imide groups is 2. The van der Waals surface area contributed by atoms with Crippen LogP contribution in [-0.2, 0) is 14.4 Å². The van der Waals surface area contributed by atoms with Crippen molar-refractivity contribution in [3.63, 3.8) is 0 Å². The van der Waals surface area contributed by atoms with Gasteiger partial charge in [-0.2, -0.15) is 0 Å². The van der Waals surface area contributed by atoms with Crippen LogP contribution in [0.15, 0.2) is 11.6 Å². The monoisotopic (exact) mass is 349 g/mol. The Bertz CT molecular complexity index is 581. The van der Waals surface area contributed by atoms with Gasteiger partial charge >= 0.3 is 17.8 Å². The summed E-state index contributed by atoms with van der Waals surface area (Å²) < 4.78 is 0. The van der Waals surface area contributed by atoms with Crippen molar-refractivity contribution in [2.45, 2.75) is 64.8 Å². The summed E-state index contributed by atoms with van der Waals surface area (Å²) in [4.78, 5) is 50.3. The number of nitrogens with zero attached hydrogens (tertiary/aromatic N) is 2. The van der Waals surface area contributed by atoms with E-state index in [9.17, 15) is 19.2 Å². The first-order valence-electron chi connectivity index (χ1n) is 9.12. The smallest absolute Gasteiger partial charge is 0.334 e. The van der Waals surface area contributed by atoms with Crippen LogP contribution < -0.4 is 5.32 Å². The van der Waals surface area contributed by atoms with Gasteiger partial charge in [-0.15, -0.1) is 0 Å². The van der Waals surface area contributed by atoms with Crippen LogP contribution in [0, 0.1) is 0 Å². The van der Waals surface area contributed by atoms with E-state index in [1.54, 1.807) is 0 Å². The van der Waals surface area contributed by atoms with Crippen molar-refractivity contribution in [1.29, 1.82) is 0 Å². The topological polar surface area (TPSA) is 86.8 Å². The molecule has 2 aliphatic rings. The third-order valence-electron chi connectivity index (χ3n) is 4.83. The van der Waals surface area contributed by atoms with E-state index in [0.717, 1.165) is 41.9 Å². The lowest BCUT2D eigenvalue weighted by molar-refractivity contribution is -0.144. The van der Waals surface area contributed by atoms with Gasteiger partial charge in [0.1, 0.15) is 6.54 Å². The van der Waals surface area contributed by atoms with Crippen LogP contribution in [-0.4, -0.2) is 52.7 Å². The van der Waals surface area contributed by atoms with Crippen molar-refractivity contribution in [2.24, 2.45) is 0 Å². The second kappa shape index (κ2) is 8.78. The lowest BCUT2D eigenvalue weighted by Crippen LogP contribution is -2.44. The van der Waals surface area contributed by atoms with E-state index in [4.69, 9.17) is 0 Å². The highest BCUT2D eigenvalue weighted by Crippen LogP contribution is 2.21. The van der Waals surface area contributed by atoms with Gasteiger partial charge in [0.05, 0.1) is 0 Å². The van der Waals surface area contributed by atoms with E-state index in [-0.39, 0.29) is 12.6 Å². The Morgan fingerprint density at radius 1 is 1.12 bits per heavy atom. The molecule has 0 aromatic carbocycles. The summed E-state index contributed by atoms with van der Waals surface area (Å²) in [5.74, 6) is -2.17. The summed E-state index contributed by atoms with van der Waals surface area (Å²) in [5.41, 5.74) is 1.23. The molecule has 5 amide bonds. The number of urea groups is 1. The molecule has 1 aliphatic heterocycles. The molecule has 0 radical (unpaired) electrons. The quantitative estimate of drug-likeness (QED) is 0.412. The van der Waals surface area contributed by atoms with Crippen LogP contribution in [0.3, 0.4) is 0 Å². The van der Waals surface area contributed by atoms with Crippen molar-refractivity contribution in [2.75, 3.05) is 13.1 Å². The summed E-state index contributed by atoms with van der Waals surface area (Å²) in [7, 11) is 0. The van der Waals surface area contributed by atoms with Crippen molar-refractivity contribution < 1.29 is 19.2 Å². The predicted octanol–water partition coefficient (Wildman–Crippen LogP) is 1.97. The largest absolute Gasteiger partial charge is 0.352 e. The lowest BCUT2D eigenvalue weighted by Gasteiger charge is -2.19. The molecular formula is C18H27N3O4. The minimum Gasteiger partial charge on any atom is -0.352 e. The molecule has 0 atom stereocenters. The van der Waals surface area contributed by atoms with E-state index < -0.39 is 30.3 Å². The number of allylic oxidation sites excluding steroid dienone is 1. The van der Waals surface area contributed by atoms with E-state index in [0.29, 0.717) is 6.42 Å². The Hall–Kier alpha value is -2.18. The number of hydrogen-bond acceptors (Lipinski definition) is 4. The molecule has 1 heterocycles. The highest BCUT2D eigenvalue weighted by atomic mass is 16.2. The third-order valence-corrected chi connectivity index (χ3v) is 4.83. The van der Waals surface area contributed by atoms with Crippen molar-refractivity contribution >= 4 is 23.8 Å². The van der Waals surface area contributed by atoms with Crippen LogP contribution in [0.5, 0.6) is 0 Å². The van der Waals surface area contributed by atoms with Gasteiger partial charge in [0.25, 0.3) is 0 Å². The van der Waals surface area contributed by atoms with Crippen LogP contribution >= 0.6 is 0 Å². The first kappa shape index (κ1) is 19.1. The maximum Gasteiger partial charge on any atom is 0.334 e. The predicted molar refractivity (Wildman–Crippen MR) is 92.5 cm³/mol. The van der Waals surface area contributed by atoms with Gasteiger partial charge in [0.2, 0.25) is 5.91 Å². The fourth-order valence-corrected chi connectivity index (χ4v) is 3.18. The summed E-state index contributed by atoms with van der Waals surface area (Å²) in [6.07, 6.45) is 8.58. The normalized spacial score (nSPS) is 18.2. The highest BCUT2D eigenvalue weighted by molar-refractivity contribution is 6.45. The third kappa shape index (κ3) is 4.67. The maximum atomic E-state index is 12.4. The van der Waals surface area contributed by atoms with Crippen molar-refractivity contribution in [1.82, 2.24) is 15.1 Å². The Morgan fingerprint density at radius 3 is 2.40 bits per heavy atom. The first-order chi connectivity index (χ1) is 12.0. The molecule has 1 saturated heterocycles. The number of rotatable bonds is 8. The van der Waals surface area contributed by atoms with Gasteiger partial charge in [0.15, 0.2) is 0 Å². The summed E-state index contributed by atoms with van der Waals surface area (Å²) >= 11 is 0. The van der Waals surface area contributed by atoms with E-state index in [1.165, 1.54) is 12.0 Å². The van der Waals surface area contributed by atoms with Crippen LogP contribution in [0.2, 0.25) is 0 Å². The zero-order chi connectivity index (χ0) is 18.4. The Labute approximate surface area is 148 Å². The molecular weight excluding hydrogens is 322 g/mol. The van der Waals surface area contributed by atoms with E-state index >= 15 is 0 Å². The number of carbonyl (C=O) groups excluding carboxylic acids is 4. The Morgan fingerprint density at radius 2 is 1.80 bits per heavy atom. The molecule has 1 fully saturated rings. The molecule has 25 heavy (non-hydrogen) atoms. The molecule has 7 nitrogen and oxygen atoms in total. The zero-order valence-electron chi connectivity index (χ0n) is 15.0. The van der Waals surface area contributed by atoms with E-state index in [2.05, 4.69) is 11.4 Å². The first-order valence-corrected chi connectivity index (χ1v) is 9.12. The lowest BCUT2D eigenvalue weighted by atomic mass is 9.97. The zero-order valence-corrected chi connectivity index (χ0v) is 15.0. The highest BCUT2D eigenvalue weighted by Gasteiger charge is 2.44. The second-order valence-electron chi connectivity index (χ2n) is 6.57. The molecule has 1 aliphatic carbocycles. The van der Waals surface area contributed by atoms with Crippen LogP contribution in [0.25, 0.3) is 0 Å². The molecule has 0 saturated carbocycles. The molecule has 0 aromatic rings. The van der Waals surface area contributed by atoms with Gasteiger partial charge < -0.3 is 5.32 Å². The van der Waals surface area contributed by atoms with Gasteiger partial charge in [0, 0.05) is 12.6 Å². The minimum absolute atomic E-state index is 0.00495. The van der Waals surface area contributed by atoms with Gasteiger partial charge in [-0.3, -0.25) is 19.3 Å². The number of carbonyl (C=O) groups is 4. The average molecular weight is 349 g/mol. The van der Waals surface area contributed by atoms with Crippen molar-refractivity contribution in [3.05, 3.63) is 11.6 Å². The minimum atomic E-state index is -0.915.